The lowest BCUT2D eigenvalue weighted by Gasteiger charge is -2.26. The zero-order chi connectivity index (χ0) is 14.9. The molecule has 1 aliphatic rings. The number of likely N-dealkylation sites (N-methyl/N-ethyl adjacent to an activating group) is 1. The molecular formula is C14H21N3O2S. The molecule has 1 fully saturated rings. The summed E-state index contributed by atoms with van der Waals surface area (Å²) in [6.07, 6.45) is 1.42. The van der Waals surface area contributed by atoms with E-state index in [0.717, 1.165) is 22.0 Å². The molecule has 2 rings (SSSR count). The van der Waals surface area contributed by atoms with Crippen LogP contribution in [0.3, 0.4) is 0 Å². The Morgan fingerprint density at radius 2 is 2.20 bits per heavy atom. The van der Waals surface area contributed by atoms with E-state index in [1.807, 2.05) is 20.8 Å². The predicted octanol–water partition coefficient (Wildman–Crippen LogP) is 1.90. The van der Waals surface area contributed by atoms with Crippen LogP contribution in [0.25, 0.3) is 0 Å². The average Bonchev–Trinajstić information content (AvgIpc) is 2.94. The van der Waals surface area contributed by atoms with Crippen LogP contribution in [0.15, 0.2) is 0 Å². The number of hydrogen-bond donors (Lipinski definition) is 0. The topological polar surface area (TPSA) is 53.5 Å². The zero-order valence-corrected chi connectivity index (χ0v) is 13.3. The lowest BCUT2D eigenvalue weighted by molar-refractivity contribution is -0.138. The Kier molecular flexibility index (Phi) is 4.42. The summed E-state index contributed by atoms with van der Waals surface area (Å²) in [6, 6.07) is -0.0647. The Balaban J connectivity index is 2.02. The molecule has 1 saturated heterocycles. The summed E-state index contributed by atoms with van der Waals surface area (Å²) in [4.78, 5) is 32.8. The number of hydrogen-bond acceptors (Lipinski definition) is 4. The van der Waals surface area contributed by atoms with Gasteiger partial charge in [-0.05, 0) is 27.2 Å². The van der Waals surface area contributed by atoms with Crippen LogP contribution >= 0.6 is 11.3 Å². The van der Waals surface area contributed by atoms with Crippen molar-refractivity contribution in [2.75, 3.05) is 20.1 Å². The van der Waals surface area contributed by atoms with Crippen LogP contribution in [0.4, 0.5) is 0 Å². The normalized spacial score (nSPS) is 16.6. The summed E-state index contributed by atoms with van der Waals surface area (Å²) in [7, 11) is 1.78. The number of thiazole rings is 1. The molecular weight excluding hydrogens is 274 g/mol. The van der Waals surface area contributed by atoms with Gasteiger partial charge in [0.25, 0.3) is 0 Å². The van der Waals surface area contributed by atoms with Crippen molar-refractivity contribution < 1.29 is 9.59 Å². The lowest BCUT2D eigenvalue weighted by Crippen LogP contribution is -2.40. The first-order chi connectivity index (χ1) is 9.40. The van der Waals surface area contributed by atoms with Crippen molar-refractivity contribution >= 4 is 23.2 Å². The summed E-state index contributed by atoms with van der Waals surface area (Å²) >= 11 is 1.65. The Bertz CT molecular complexity index is 526. The highest BCUT2D eigenvalue weighted by Crippen LogP contribution is 2.26. The minimum Gasteiger partial charge on any atom is -0.336 e. The molecule has 1 aromatic heterocycles. The fourth-order valence-electron chi connectivity index (χ4n) is 2.48. The molecule has 5 nitrogen and oxygen atoms in total. The van der Waals surface area contributed by atoms with Crippen molar-refractivity contribution in [1.82, 2.24) is 14.8 Å². The summed E-state index contributed by atoms with van der Waals surface area (Å²) in [5.41, 5.74) is 0.955. The fraction of sp³-hybridized carbons (Fsp3) is 0.643. The number of carbonyl (C=O) groups is 2. The molecule has 2 amide bonds. The third-order valence-electron chi connectivity index (χ3n) is 3.81. The number of aromatic nitrogens is 1. The third-order valence-corrected chi connectivity index (χ3v) is 4.71. The first kappa shape index (κ1) is 15.0. The van der Waals surface area contributed by atoms with E-state index in [2.05, 4.69) is 4.98 Å². The largest absolute Gasteiger partial charge is 0.336 e. The Hall–Kier alpha value is -1.43. The number of aryl methyl sites for hydroxylation is 2. The summed E-state index contributed by atoms with van der Waals surface area (Å²) < 4.78 is 0. The van der Waals surface area contributed by atoms with Gasteiger partial charge in [-0.2, -0.15) is 0 Å². The predicted molar refractivity (Wildman–Crippen MR) is 78.6 cm³/mol. The Labute approximate surface area is 123 Å². The van der Waals surface area contributed by atoms with Crippen molar-refractivity contribution in [3.05, 3.63) is 15.6 Å². The van der Waals surface area contributed by atoms with E-state index in [9.17, 15) is 9.59 Å². The molecule has 0 aliphatic carbocycles. The van der Waals surface area contributed by atoms with Gasteiger partial charge in [-0.3, -0.25) is 9.59 Å². The van der Waals surface area contributed by atoms with Gasteiger partial charge in [0, 0.05) is 24.9 Å². The molecule has 20 heavy (non-hydrogen) atoms. The van der Waals surface area contributed by atoms with Crippen LogP contribution in [0, 0.1) is 13.8 Å². The molecule has 0 aromatic carbocycles. The molecule has 0 N–H and O–H groups in total. The van der Waals surface area contributed by atoms with E-state index in [1.165, 1.54) is 0 Å². The van der Waals surface area contributed by atoms with Crippen LogP contribution < -0.4 is 0 Å². The van der Waals surface area contributed by atoms with Gasteiger partial charge in [-0.1, -0.05) is 0 Å². The van der Waals surface area contributed by atoms with E-state index >= 15 is 0 Å². The Morgan fingerprint density at radius 1 is 1.50 bits per heavy atom. The maximum atomic E-state index is 12.3. The summed E-state index contributed by atoms with van der Waals surface area (Å²) in [5, 5.41) is 1.01. The van der Waals surface area contributed by atoms with Crippen molar-refractivity contribution in [3.8, 4) is 0 Å². The van der Waals surface area contributed by atoms with Crippen molar-refractivity contribution in [3.63, 3.8) is 0 Å². The average molecular weight is 295 g/mol. The SMILES string of the molecule is Cc1nc([C@@H](C)N(C)C(=O)CN2CCCC2=O)c(C)s1. The van der Waals surface area contributed by atoms with Gasteiger partial charge in [0.15, 0.2) is 0 Å². The monoisotopic (exact) mass is 295 g/mol. The van der Waals surface area contributed by atoms with Gasteiger partial charge in [-0.15, -0.1) is 11.3 Å². The molecule has 0 saturated carbocycles. The highest BCUT2D eigenvalue weighted by Gasteiger charge is 2.27. The van der Waals surface area contributed by atoms with Crippen molar-refractivity contribution in [1.29, 1.82) is 0 Å². The maximum absolute atomic E-state index is 12.3. The summed E-state index contributed by atoms with van der Waals surface area (Å²) in [5.74, 6) is 0.0536. The smallest absolute Gasteiger partial charge is 0.242 e. The molecule has 0 spiro atoms. The summed E-state index contributed by atoms with van der Waals surface area (Å²) in [6.45, 7) is 6.85. The standard InChI is InChI=1S/C14H21N3O2S/c1-9(14-10(2)20-11(3)15-14)16(4)13(19)8-17-7-5-6-12(17)18/h9H,5-8H2,1-4H3/t9-/m1/s1. The van der Waals surface area contributed by atoms with Crippen molar-refractivity contribution in [2.45, 2.75) is 39.7 Å². The molecule has 0 unspecified atom stereocenters. The van der Waals surface area contributed by atoms with Crippen LogP contribution in [-0.4, -0.2) is 46.7 Å². The number of amides is 2. The first-order valence-electron chi connectivity index (χ1n) is 6.87. The van der Waals surface area contributed by atoms with Gasteiger partial charge in [0.2, 0.25) is 11.8 Å². The van der Waals surface area contributed by atoms with E-state index in [1.54, 1.807) is 28.2 Å². The highest BCUT2D eigenvalue weighted by atomic mass is 32.1. The van der Waals surface area contributed by atoms with Crippen LogP contribution in [0.1, 0.15) is 41.4 Å². The molecule has 1 atom stereocenters. The second-order valence-corrected chi connectivity index (χ2v) is 6.68. The van der Waals surface area contributed by atoms with E-state index in [-0.39, 0.29) is 24.4 Å². The quantitative estimate of drug-likeness (QED) is 0.852. The number of likely N-dealkylation sites (tertiary alicyclic amines) is 1. The van der Waals surface area contributed by atoms with Crippen LogP contribution in [0.2, 0.25) is 0 Å². The number of rotatable bonds is 4. The van der Waals surface area contributed by atoms with Crippen LogP contribution in [0.5, 0.6) is 0 Å². The van der Waals surface area contributed by atoms with Gasteiger partial charge >= 0.3 is 0 Å². The number of nitrogens with zero attached hydrogens (tertiary/aromatic N) is 3. The number of carbonyl (C=O) groups excluding carboxylic acids is 2. The van der Waals surface area contributed by atoms with E-state index < -0.39 is 0 Å². The molecule has 0 radical (unpaired) electrons. The molecule has 2 heterocycles. The van der Waals surface area contributed by atoms with Gasteiger partial charge in [-0.25, -0.2) is 4.98 Å². The minimum absolute atomic E-state index is 0.0298. The second kappa shape index (κ2) is 5.91. The lowest BCUT2D eigenvalue weighted by atomic mass is 10.2. The third kappa shape index (κ3) is 3.00. The van der Waals surface area contributed by atoms with Gasteiger partial charge in [0.05, 0.1) is 23.3 Å². The maximum Gasteiger partial charge on any atom is 0.242 e. The first-order valence-corrected chi connectivity index (χ1v) is 7.69. The van der Waals surface area contributed by atoms with Gasteiger partial charge < -0.3 is 9.80 Å². The van der Waals surface area contributed by atoms with Gasteiger partial charge in [0.1, 0.15) is 0 Å². The highest BCUT2D eigenvalue weighted by molar-refractivity contribution is 7.11. The van der Waals surface area contributed by atoms with Crippen LogP contribution in [-0.2, 0) is 9.59 Å². The molecule has 0 bridgehead atoms. The van der Waals surface area contributed by atoms with E-state index in [0.29, 0.717) is 13.0 Å². The molecule has 110 valence electrons. The fourth-order valence-corrected chi connectivity index (χ4v) is 3.39. The minimum atomic E-state index is -0.0647. The zero-order valence-electron chi connectivity index (χ0n) is 12.5. The van der Waals surface area contributed by atoms with E-state index in [4.69, 9.17) is 0 Å². The van der Waals surface area contributed by atoms with Crippen molar-refractivity contribution in [2.24, 2.45) is 0 Å². The Morgan fingerprint density at radius 3 is 2.70 bits per heavy atom. The molecule has 6 heteroatoms. The molecule has 1 aliphatic heterocycles. The molecule has 1 aromatic rings. The second-order valence-electron chi connectivity index (χ2n) is 5.27.